The number of ether oxygens (including phenoxy) is 1. The van der Waals surface area contributed by atoms with Gasteiger partial charge < -0.3 is 15.4 Å². The second kappa shape index (κ2) is 7.97. The van der Waals surface area contributed by atoms with E-state index in [9.17, 15) is 4.79 Å². The third-order valence-electron chi connectivity index (χ3n) is 4.11. The van der Waals surface area contributed by atoms with Crippen LogP contribution in [0.3, 0.4) is 0 Å². The summed E-state index contributed by atoms with van der Waals surface area (Å²) in [6.45, 7) is 6.49. The molecule has 1 heterocycles. The topological polar surface area (TPSA) is 68.2 Å². The van der Waals surface area contributed by atoms with Gasteiger partial charge in [0, 0.05) is 37.1 Å². The molecule has 0 aliphatic carbocycles. The van der Waals surface area contributed by atoms with Crippen molar-refractivity contribution in [2.24, 2.45) is 7.05 Å². The minimum atomic E-state index is -0.217. The minimum absolute atomic E-state index is 0.00110. The first-order chi connectivity index (χ1) is 11.4. The van der Waals surface area contributed by atoms with E-state index >= 15 is 0 Å². The Hall–Kier alpha value is -2.34. The fourth-order valence-corrected chi connectivity index (χ4v) is 2.78. The number of anilines is 1. The lowest BCUT2D eigenvalue weighted by molar-refractivity contribution is 0.185. The highest BCUT2D eigenvalue weighted by Crippen LogP contribution is 2.16. The van der Waals surface area contributed by atoms with Gasteiger partial charge in [-0.1, -0.05) is 18.2 Å². The summed E-state index contributed by atoms with van der Waals surface area (Å²) in [6, 6.07) is 7.40. The zero-order valence-corrected chi connectivity index (χ0v) is 15.0. The van der Waals surface area contributed by atoms with Gasteiger partial charge in [0.05, 0.1) is 12.3 Å². The van der Waals surface area contributed by atoms with Gasteiger partial charge in [-0.15, -0.1) is 0 Å². The summed E-state index contributed by atoms with van der Waals surface area (Å²) in [7, 11) is 3.57. The Balaban J connectivity index is 1.97. The van der Waals surface area contributed by atoms with Crippen molar-refractivity contribution in [3.8, 4) is 0 Å². The Bertz CT molecular complexity index is 709. The molecule has 2 N–H and O–H groups in total. The van der Waals surface area contributed by atoms with Crippen LogP contribution in [0, 0.1) is 13.8 Å². The van der Waals surface area contributed by atoms with Crippen LogP contribution >= 0.6 is 0 Å². The summed E-state index contributed by atoms with van der Waals surface area (Å²) in [5.74, 6) is 0. The molecular formula is C18H26N4O2. The fourth-order valence-electron chi connectivity index (χ4n) is 2.78. The molecule has 1 aromatic carbocycles. The number of aryl methyl sites for hydroxylation is 2. The van der Waals surface area contributed by atoms with Crippen LogP contribution in [0.4, 0.5) is 10.5 Å². The molecule has 24 heavy (non-hydrogen) atoms. The van der Waals surface area contributed by atoms with Crippen molar-refractivity contribution in [1.82, 2.24) is 15.1 Å². The average molecular weight is 330 g/mol. The highest BCUT2D eigenvalue weighted by Gasteiger charge is 2.15. The molecule has 0 aliphatic rings. The molecule has 1 unspecified atom stereocenters. The van der Waals surface area contributed by atoms with Gasteiger partial charge in [-0.3, -0.25) is 4.68 Å². The Morgan fingerprint density at radius 1 is 1.33 bits per heavy atom. The molecule has 0 radical (unpaired) electrons. The Morgan fingerprint density at radius 3 is 2.67 bits per heavy atom. The Labute approximate surface area is 143 Å². The normalized spacial score (nSPS) is 12.0. The molecular weight excluding hydrogens is 304 g/mol. The number of benzene rings is 1. The van der Waals surface area contributed by atoms with Crippen LogP contribution in [-0.4, -0.2) is 29.0 Å². The number of hydrogen-bond acceptors (Lipinski definition) is 3. The number of carbonyl (C=O) groups excluding carboxylic acids is 1. The smallest absolute Gasteiger partial charge is 0.319 e. The molecule has 2 aromatic rings. The first-order valence-electron chi connectivity index (χ1n) is 8.05. The molecule has 0 bridgehead atoms. The summed E-state index contributed by atoms with van der Waals surface area (Å²) in [6.07, 6.45) is 0.749. The van der Waals surface area contributed by atoms with E-state index in [1.165, 1.54) is 5.56 Å². The Morgan fingerprint density at radius 2 is 2.04 bits per heavy atom. The lowest BCUT2D eigenvalue weighted by Gasteiger charge is -2.16. The maximum atomic E-state index is 12.3. The summed E-state index contributed by atoms with van der Waals surface area (Å²) < 4.78 is 7.03. The van der Waals surface area contributed by atoms with Crippen LogP contribution in [0.15, 0.2) is 24.3 Å². The molecule has 130 valence electrons. The van der Waals surface area contributed by atoms with Crippen molar-refractivity contribution in [1.29, 1.82) is 0 Å². The number of nitrogens with zero attached hydrogens (tertiary/aromatic N) is 2. The van der Waals surface area contributed by atoms with Gasteiger partial charge in [-0.2, -0.15) is 5.10 Å². The zero-order valence-electron chi connectivity index (χ0n) is 15.0. The first-order valence-corrected chi connectivity index (χ1v) is 8.05. The molecule has 2 rings (SSSR count). The predicted molar refractivity (Wildman–Crippen MR) is 95.2 cm³/mol. The predicted octanol–water partition coefficient (Wildman–Crippen LogP) is 2.94. The van der Waals surface area contributed by atoms with E-state index in [1.54, 1.807) is 7.11 Å². The van der Waals surface area contributed by atoms with Crippen LogP contribution in [0.2, 0.25) is 0 Å². The van der Waals surface area contributed by atoms with E-state index in [0.29, 0.717) is 6.61 Å². The zero-order chi connectivity index (χ0) is 17.7. The first kappa shape index (κ1) is 18.0. The number of hydrogen-bond donors (Lipinski definition) is 2. The van der Waals surface area contributed by atoms with Crippen LogP contribution in [0.5, 0.6) is 0 Å². The summed E-state index contributed by atoms with van der Waals surface area (Å²) >= 11 is 0. The maximum Gasteiger partial charge on any atom is 0.319 e. The fraction of sp³-hybridized carbons (Fsp3) is 0.444. The molecule has 6 nitrogen and oxygen atoms in total. The van der Waals surface area contributed by atoms with E-state index in [2.05, 4.69) is 15.7 Å². The number of urea groups is 1. The van der Waals surface area contributed by atoms with Crippen LogP contribution in [0.1, 0.15) is 29.4 Å². The molecule has 2 amide bonds. The molecule has 6 heteroatoms. The van der Waals surface area contributed by atoms with Crippen molar-refractivity contribution in [2.75, 3.05) is 12.4 Å². The summed E-state index contributed by atoms with van der Waals surface area (Å²) in [4.78, 5) is 12.3. The SMILES string of the molecule is COCc1ccccc1NC(=O)NC(C)Cc1c(C)nn(C)c1C. The minimum Gasteiger partial charge on any atom is -0.380 e. The van der Waals surface area contributed by atoms with Crippen molar-refractivity contribution < 1.29 is 9.53 Å². The molecule has 0 fully saturated rings. The van der Waals surface area contributed by atoms with E-state index in [-0.39, 0.29) is 12.1 Å². The molecule has 1 atom stereocenters. The number of nitrogens with one attached hydrogen (secondary N) is 2. The number of aromatic nitrogens is 2. The lowest BCUT2D eigenvalue weighted by Crippen LogP contribution is -2.37. The molecule has 1 aromatic heterocycles. The van der Waals surface area contributed by atoms with Gasteiger partial charge in [0.1, 0.15) is 0 Å². The quantitative estimate of drug-likeness (QED) is 0.856. The highest BCUT2D eigenvalue weighted by molar-refractivity contribution is 5.90. The van der Waals surface area contributed by atoms with Gasteiger partial charge >= 0.3 is 6.03 Å². The van der Waals surface area contributed by atoms with Gasteiger partial charge in [-0.25, -0.2) is 4.79 Å². The third kappa shape index (κ3) is 4.35. The second-order valence-corrected chi connectivity index (χ2v) is 6.07. The van der Waals surface area contributed by atoms with Gasteiger partial charge in [0.25, 0.3) is 0 Å². The van der Waals surface area contributed by atoms with Crippen molar-refractivity contribution >= 4 is 11.7 Å². The molecule has 0 spiro atoms. The van der Waals surface area contributed by atoms with E-state index in [0.717, 1.165) is 29.1 Å². The number of para-hydroxylation sites is 1. The summed E-state index contributed by atoms with van der Waals surface area (Å²) in [5.41, 5.74) is 5.03. The lowest BCUT2D eigenvalue weighted by atomic mass is 10.1. The average Bonchev–Trinajstić information content (AvgIpc) is 2.76. The largest absolute Gasteiger partial charge is 0.380 e. The maximum absolute atomic E-state index is 12.3. The molecule has 0 saturated heterocycles. The Kier molecular flexibility index (Phi) is 5.98. The van der Waals surface area contributed by atoms with Crippen LogP contribution < -0.4 is 10.6 Å². The van der Waals surface area contributed by atoms with Gasteiger partial charge in [0.2, 0.25) is 0 Å². The third-order valence-corrected chi connectivity index (χ3v) is 4.11. The van der Waals surface area contributed by atoms with Crippen LogP contribution in [-0.2, 0) is 24.8 Å². The van der Waals surface area contributed by atoms with Crippen molar-refractivity contribution in [3.05, 3.63) is 46.8 Å². The van der Waals surface area contributed by atoms with E-state index < -0.39 is 0 Å². The molecule has 0 aliphatic heterocycles. The van der Waals surface area contributed by atoms with Gasteiger partial charge in [0.15, 0.2) is 0 Å². The van der Waals surface area contributed by atoms with Crippen LogP contribution in [0.25, 0.3) is 0 Å². The number of rotatable bonds is 6. The van der Waals surface area contributed by atoms with Crippen molar-refractivity contribution in [3.63, 3.8) is 0 Å². The van der Waals surface area contributed by atoms with E-state index in [4.69, 9.17) is 4.74 Å². The van der Waals surface area contributed by atoms with E-state index in [1.807, 2.05) is 56.8 Å². The monoisotopic (exact) mass is 330 g/mol. The number of methoxy groups -OCH3 is 1. The number of carbonyl (C=O) groups is 1. The number of amides is 2. The van der Waals surface area contributed by atoms with Gasteiger partial charge in [-0.05, 0) is 38.8 Å². The highest BCUT2D eigenvalue weighted by atomic mass is 16.5. The second-order valence-electron chi connectivity index (χ2n) is 6.07. The molecule has 0 saturated carbocycles. The summed E-state index contributed by atoms with van der Waals surface area (Å²) in [5, 5.41) is 10.3. The van der Waals surface area contributed by atoms with Crippen molar-refractivity contribution in [2.45, 2.75) is 39.8 Å². The standard InChI is InChI=1S/C18H26N4O2/c1-12(10-16-13(2)21-22(4)14(16)3)19-18(23)20-17-9-7-6-8-15(17)11-24-5/h6-9,12H,10-11H2,1-5H3,(H2,19,20,23).